The summed E-state index contributed by atoms with van der Waals surface area (Å²) in [5.41, 5.74) is 0. The molecule has 0 radical (unpaired) electrons. The van der Waals surface area contributed by atoms with Crippen molar-refractivity contribution in [3.8, 4) is 0 Å². The molecule has 0 aliphatic rings. The number of aliphatic hydroxyl groups is 1. The van der Waals surface area contributed by atoms with Crippen molar-refractivity contribution in [1.29, 1.82) is 0 Å². The smallest absolute Gasteiger partial charge is 0.267 e. The zero-order valence-corrected chi connectivity index (χ0v) is 15.6. The molecule has 0 fully saturated rings. The average Bonchev–Trinajstić information content (AvgIpc) is 2.46. The molecule has 0 spiro atoms. The summed E-state index contributed by atoms with van der Waals surface area (Å²) in [6, 6.07) is 0. The van der Waals surface area contributed by atoms with Crippen molar-refractivity contribution in [2.45, 2.75) is 90.1 Å². The lowest BCUT2D eigenvalue weighted by Crippen LogP contribution is -2.32. The van der Waals surface area contributed by atoms with Crippen LogP contribution in [0.3, 0.4) is 0 Å². The average molecular weight is 352 g/mol. The monoisotopic (exact) mass is 351 g/mol. The van der Waals surface area contributed by atoms with Crippen LogP contribution in [0.5, 0.6) is 0 Å². The Kier molecular flexibility index (Phi) is 15.2. The lowest BCUT2D eigenvalue weighted by molar-refractivity contribution is 0.191. The fraction of sp³-hybridized carbons (Fsp3) is 1.00. The number of hydrogen-bond acceptors (Lipinski definition) is 4. The Morgan fingerprint density at radius 1 is 0.826 bits per heavy atom. The van der Waals surface area contributed by atoms with Gasteiger partial charge in [0.2, 0.25) is 0 Å². The van der Waals surface area contributed by atoms with Gasteiger partial charge in [-0.05, 0) is 13.0 Å². The van der Waals surface area contributed by atoms with Crippen molar-refractivity contribution in [1.82, 2.24) is 5.32 Å². The minimum atomic E-state index is -4.08. The predicted octanol–water partition coefficient (Wildman–Crippen LogP) is 3.53. The molecule has 5 nitrogen and oxygen atoms in total. The highest BCUT2D eigenvalue weighted by Crippen LogP contribution is 2.11. The van der Waals surface area contributed by atoms with Gasteiger partial charge >= 0.3 is 0 Å². The van der Waals surface area contributed by atoms with Gasteiger partial charge in [0, 0.05) is 6.54 Å². The molecule has 1 atom stereocenters. The van der Waals surface area contributed by atoms with Crippen molar-refractivity contribution < 1.29 is 18.1 Å². The van der Waals surface area contributed by atoms with Crippen LogP contribution in [-0.2, 0) is 10.1 Å². The van der Waals surface area contributed by atoms with E-state index in [9.17, 15) is 13.5 Å². The van der Waals surface area contributed by atoms with Crippen LogP contribution in [0.4, 0.5) is 0 Å². The highest BCUT2D eigenvalue weighted by molar-refractivity contribution is 7.85. The first kappa shape index (κ1) is 22.8. The van der Waals surface area contributed by atoms with E-state index in [-0.39, 0.29) is 6.54 Å². The van der Waals surface area contributed by atoms with Crippen LogP contribution in [0.1, 0.15) is 84.0 Å². The molecule has 0 saturated heterocycles. The van der Waals surface area contributed by atoms with E-state index in [4.69, 9.17) is 4.55 Å². The molecule has 0 heterocycles. The normalized spacial score (nSPS) is 13.3. The molecule has 0 aliphatic carbocycles. The summed E-state index contributed by atoms with van der Waals surface area (Å²) in [5, 5.41) is 12.4. The molecule has 6 heteroatoms. The van der Waals surface area contributed by atoms with Crippen LogP contribution in [0.2, 0.25) is 0 Å². The second-order valence-corrected chi connectivity index (χ2v) is 7.99. The molecular weight excluding hydrogens is 314 g/mol. The lowest BCUT2D eigenvalue weighted by Gasteiger charge is -2.10. The number of unbranched alkanes of at least 4 members (excludes halogenated alkanes) is 11. The zero-order valence-electron chi connectivity index (χ0n) is 14.8. The van der Waals surface area contributed by atoms with E-state index in [1.54, 1.807) is 0 Å². The second-order valence-electron chi connectivity index (χ2n) is 6.50. The molecule has 0 aromatic heterocycles. The third-order valence-corrected chi connectivity index (χ3v) is 4.80. The predicted molar refractivity (Wildman–Crippen MR) is 96.4 cm³/mol. The number of aliphatic hydroxyl groups excluding tert-OH is 1. The summed E-state index contributed by atoms with van der Waals surface area (Å²) in [6.45, 7) is 3.23. The Bertz CT molecular complexity index is 347. The molecule has 1 unspecified atom stereocenters. The van der Waals surface area contributed by atoms with Gasteiger partial charge in [0.25, 0.3) is 10.1 Å². The summed E-state index contributed by atoms with van der Waals surface area (Å²) < 4.78 is 29.7. The van der Waals surface area contributed by atoms with Crippen molar-refractivity contribution in [2.24, 2.45) is 0 Å². The van der Waals surface area contributed by atoms with Gasteiger partial charge in [-0.25, -0.2) is 0 Å². The SMILES string of the molecule is CCCCCCCCCCCCCCNCC(O)CS(=O)(=O)O. The largest absolute Gasteiger partial charge is 0.391 e. The van der Waals surface area contributed by atoms with E-state index in [0.29, 0.717) is 0 Å². The summed E-state index contributed by atoms with van der Waals surface area (Å²) in [6.07, 6.45) is 14.6. The third kappa shape index (κ3) is 19.8. The highest BCUT2D eigenvalue weighted by atomic mass is 32.2. The van der Waals surface area contributed by atoms with E-state index in [1.165, 1.54) is 64.2 Å². The minimum absolute atomic E-state index is 0.206. The van der Waals surface area contributed by atoms with Gasteiger partial charge in [0.1, 0.15) is 5.75 Å². The number of hydrogen-bond donors (Lipinski definition) is 3. The summed E-state index contributed by atoms with van der Waals surface area (Å²) in [5.74, 6) is -0.599. The zero-order chi connectivity index (χ0) is 17.4. The van der Waals surface area contributed by atoms with Gasteiger partial charge in [-0.2, -0.15) is 8.42 Å². The summed E-state index contributed by atoms with van der Waals surface area (Å²) >= 11 is 0. The first-order chi connectivity index (χ1) is 11.0. The van der Waals surface area contributed by atoms with Crippen LogP contribution in [0, 0.1) is 0 Å². The van der Waals surface area contributed by atoms with Gasteiger partial charge in [-0.1, -0.05) is 77.6 Å². The van der Waals surface area contributed by atoms with Gasteiger partial charge in [-0.3, -0.25) is 4.55 Å². The lowest BCUT2D eigenvalue weighted by atomic mass is 10.1. The standard InChI is InChI=1S/C17H37NO4S/c1-2-3-4-5-6-7-8-9-10-11-12-13-14-18-15-17(19)16-23(20,21)22/h17-19H,2-16H2,1H3,(H,20,21,22). The van der Waals surface area contributed by atoms with Gasteiger partial charge in [0.15, 0.2) is 0 Å². The molecule has 0 amide bonds. The molecule has 0 bridgehead atoms. The number of nitrogens with one attached hydrogen (secondary N) is 1. The molecule has 140 valence electrons. The molecule has 0 aliphatic heterocycles. The molecule has 0 rings (SSSR count). The van der Waals surface area contributed by atoms with E-state index in [1.807, 2.05) is 0 Å². The van der Waals surface area contributed by atoms with Crippen LogP contribution < -0.4 is 5.32 Å². The highest BCUT2D eigenvalue weighted by Gasteiger charge is 2.13. The van der Waals surface area contributed by atoms with Crippen LogP contribution >= 0.6 is 0 Å². The molecule has 0 aromatic carbocycles. The van der Waals surface area contributed by atoms with Crippen molar-refractivity contribution >= 4 is 10.1 Å². The van der Waals surface area contributed by atoms with Crippen LogP contribution in [0.25, 0.3) is 0 Å². The molecular formula is C17H37NO4S. The van der Waals surface area contributed by atoms with Crippen LogP contribution in [0.15, 0.2) is 0 Å². The van der Waals surface area contributed by atoms with E-state index in [0.717, 1.165) is 19.4 Å². The van der Waals surface area contributed by atoms with Gasteiger partial charge in [0.05, 0.1) is 6.10 Å². The topological polar surface area (TPSA) is 86.6 Å². The van der Waals surface area contributed by atoms with Crippen molar-refractivity contribution in [2.75, 3.05) is 18.8 Å². The maximum Gasteiger partial charge on any atom is 0.267 e. The molecule has 3 N–H and O–H groups in total. The summed E-state index contributed by atoms with van der Waals surface area (Å²) in [7, 11) is -4.08. The molecule has 0 saturated carbocycles. The maximum atomic E-state index is 10.6. The van der Waals surface area contributed by atoms with Gasteiger partial charge < -0.3 is 10.4 Å². The third-order valence-electron chi connectivity index (χ3n) is 3.99. The van der Waals surface area contributed by atoms with E-state index >= 15 is 0 Å². The molecule has 0 aromatic rings. The fourth-order valence-electron chi connectivity index (χ4n) is 2.66. The van der Waals surface area contributed by atoms with Crippen molar-refractivity contribution in [3.63, 3.8) is 0 Å². The van der Waals surface area contributed by atoms with E-state index < -0.39 is 22.0 Å². The maximum absolute atomic E-state index is 10.6. The number of rotatable bonds is 17. The Morgan fingerprint density at radius 3 is 1.70 bits per heavy atom. The Labute approximate surface area is 143 Å². The van der Waals surface area contributed by atoms with Crippen LogP contribution in [-0.4, -0.2) is 43.0 Å². The first-order valence-electron chi connectivity index (χ1n) is 9.29. The first-order valence-corrected chi connectivity index (χ1v) is 10.9. The Hall–Kier alpha value is -0.170. The minimum Gasteiger partial charge on any atom is -0.391 e. The van der Waals surface area contributed by atoms with E-state index in [2.05, 4.69) is 12.2 Å². The van der Waals surface area contributed by atoms with Crippen molar-refractivity contribution in [3.05, 3.63) is 0 Å². The second kappa shape index (κ2) is 15.4. The molecule has 23 heavy (non-hydrogen) atoms. The fourth-order valence-corrected chi connectivity index (χ4v) is 3.27. The Balaban J connectivity index is 3.16. The Morgan fingerprint density at radius 2 is 1.26 bits per heavy atom. The quantitative estimate of drug-likeness (QED) is 0.276. The summed E-state index contributed by atoms with van der Waals surface area (Å²) in [4.78, 5) is 0. The van der Waals surface area contributed by atoms with Gasteiger partial charge in [-0.15, -0.1) is 0 Å².